The van der Waals surface area contributed by atoms with Gasteiger partial charge < -0.3 is 9.64 Å². The topological polar surface area (TPSA) is 53.1 Å². The SMILES string of the molecule is CCN1C(=O)N(Cc2cccc(OC)c2)C(=O)C12CCN(Cc1ccc3c(c1)Cc1ccccc1-3)CC2. The van der Waals surface area contributed by atoms with Crippen molar-refractivity contribution in [3.8, 4) is 16.9 Å². The number of hydrogen-bond acceptors (Lipinski definition) is 4. The summed E-state index contributed by atoms with van der Waals surface area (Å²) < 4.78 is 5.32. The third-order valence-corrected chi connectivity index (χ3v) is 8.36. The number of benzene rings is 3. The Hall–Kier alpha value is -3.64. The molecule has 37 heavy (non-hydrogen) atoms. The molecular formula is C31H33N3O3. The van der Waals surface area contributed by atoms with Gasteiger partial charge in [-0.2, -0.15) is 0 Å². The average Bonchev–Trinajstić information content (AvgIpc) is 3.38. The molecule has 0 aromatic heterocycles. The van der Waals surface area contributed by atoms with E-state index in [4.69, 9.17) is 4.74 Å². The van der Waals surface area contributed by atoms with E-state index in [1.807, 2.05) is 31.2 Å². The highest BCUT2D eigenvalue weighted by Crippen LogP contribution is 2.39. The Bertz CT molecular complexity index is 1360. The van der Waals surface area contributed by atoms with Gasteiger partial charge in [0.15, 0.2) is 0 Å². The molecule has 0 atom stereocenters. The van der Waals surface area contributed by atoms with Crippen molar-refractivity contribution in [2.24, 2.45) is 0 Å². The maximum absolute atomic E-state index is 13.7. The highest BCUT2D eigenvalue weighted by molar-refractivity contribution is 6.07. The summed E-state index contributed by atoms with van der Waals surface area (Å²) in [6.07, 6.45) is 2.32. The fourth-order valence-corrected chi connectivity index (χ4v) is 6.43. The molecule has 6 rings (SSSR count). The standard InChI is InChI=1S/C31H33N3O3/c1-3-34-30(36)33(21-22-7-6-9-26(18-22)37-2)29(35)31(34)13-15-32(16-14-31)20-23-11-12-28-25(17-23)19-24-8-4-5-10-27(24)28/h4-12,17-18H,3,13-16,19-21H2,1-2H3. The number of fused-ring (bicyclic) bond motifs is 3. The molecule has 2 aliphatic heterocycles. The first-order valence-electron chi connectivity index (χ1n) is 13.2. The number of amides is 3. The largest absolute Gasteiger partial charge is 0.497 e. The lowest BCUT2D eigenvalue weighted by Crippen LogP contribution is -2.56. The monoisotopic (exact) mass is 495 g/mol. The fourth-order valence-electron chi connectivity index (χ4n) is 6.43. The van der Waals surface area contributed by atoms with Crippen LogP contribution in [-0.2, 0) is 24.3 Å². The van der Waals surface area contributed by atoms with E-state index in [0.29, 0.717) is 19.4 Å². The number of likely N-dealkylation sites (N-methyl/N-ethyl adjacent to an activating group) is 1. The minimum Gasteiger partial charge on any atom is -0.497 e. The van der Waals surface area contributed by atoms with Gasteiger partial charge in [0.2, 0.25) is 0 Å². The van der Waals surface area contributed by atoms with Crippen LogP contribution < -0.4 is 4.74 Å². The lowest BCUT2D eigenvalue weighted by molar-refractivity contribution is -0.136. The van der Waals surface area contributed by atoms with Gasteiger partial charge in [-0.1, -0.05) is 54.6 Å². The van der Waals surface area contributed by atoms with Crippen molar-refractivity contribution < 1.29 is 14.3 Å². The van der Waals surface area contributed by atoms with Crippen molar-refractivity contribution in [3.05, 3.63) is 89.0 Å². The second-order valence-electron chi connectivity index (χ2n) is 10.4. The van der Waals surface area contributed by atoms with Crippen molar-refractivity contribution in [2.45, 2.75) is 44.8 Å². The molecule has 3 amide bonds. The maximum atomic E-state index is 13.7. The van der Waals surface area contributed by atoms with E-state index >= 15 is 0 Å². The smallest absolute Gasteiger partial charge is 0.327 e. The average molecular weight is 496 g/mol. The van der Waals surface area contributed by atoms with Crippen LogP contribution in [0.3, 0.4) is 0 Å². The third kappa shape index (κ3) is 4.00. The van der Waals surface area contributed by atoms with Crippen molar-refractivity contribution in [1.82, 2.24) is 14.7 Å². The van der Waals surface area contributed by atoms with Gasteiger partial charge in [-0.25, -0.2) is 4.79 Å². The van der Waals surface area contributed by atoms with Crippen molar-refractivity contribution in [2.75, 3.05) is 26.7 Å². The maximum Gasteiger partial charge on any atom is 0.327 e. The third-order valence-electron chi connectivity index (χ3n) is 8.36. The van der Waals surface area contributed by atoms with Gasteiger partial charge in [0.25, 0.3) is 5.91 Å². The summed E-state index contributed by atoms with van der Waals surface area (Å²) in [5, 5.41) is 0. The molecule has 3 aliphatic rings. The van der Waals surface area contributed by atoms with E-state index in [9.17, 15) is 9.59 Å². The number of methoxy groups -OCH3 is 1. The predicted octanol–water partition coefficient (Wildman–Crippen LogP) is 5.09. The molecule has 6 heteroatoms. The summed E-state index contributed by atoms with van der Waals surface area (Å²) in [6, 6.07) is 22.9. The summed E-state index contributed by atoms with van der Waals surface area (Å²) in [5.74, 6) is 0.666. The summed E-state index contributed by atoms with van der Waals surface area (Å²) in [7, 11) is 1.62. The summed E-state index contributed by atoms with van der Waals surface area (Å²) >= 11 is 0. The van der Waals surface area contributed by atoms with Crippen LogP contribution in [0.2, 0.25) is 0 Å². The molecule has 0 unspecified atom stereocenters. The molecule has 2 saturated heterocycles. The molecule has 1 spiro atoms. The van der Waals surface area contributed by atoms with Gasteiger partial charge in [-0.15, -0.1) is 0 Å². The van der Waals surface area contributed by atoms with Gasteiger partial charge in [0.05, 0.1) is 13.7 Å². The van der Waals surface area contributed by atoms with Crippen LogP contribution in [0, 0.1) is 0 Å². The van der Waals surface area contributed by atoms with Crippen LogP contribution in [0.5, 0.6) is 5.75 Å². The van der Waals surface area contributed by atoms with Gasteiger partial charge in [-0.05, 0) is 71.7 Å². The van der Waals surface area contributed by atoms with E-state index in [1.165, 1.54) is 32.7 Å². The lowest BCUT2D eigenvalue weighted by Gasteiger charge is -2.42. The zero-order valence-corrected chi connectivity index (χ0v) is 21.6. The van der Waals surface area contributed by atoms with Crippen LogP contribution in [0.1, 0.15) is 42.0 Å². The Morgan fingerprint density at radius 3 is 2.38 bits per heavy atom. The second-order valence-corrected chi connectivity index (χ2v) is 10.4. The minimum atomic E-state index is -0.735. The van der Waals surface area contributed by atoms with Gasteiger partial charge in [0, 0.05) is 26.2 Å². The first-order valence-corrected chi connectivity index (χ1v) is 13.2. The van der Waals surface area contributed by atoms with Crippen LogP contribution in [0.4, 0.5) is 4.79 Å². The highest BCUT2D eigenvalue weighted by atomic mass is 16.5. The molecular weight excluding hydrogens is 462 g/mol. The van der Waals surface area contributed by atoms with Crippen molar-refractivity contribution in [1.29, 1.82) is 0 Å². The number of urea groups is 1. The molecule has 3 aromatic rings. The molecule has 3 aromatic carbocycles. The zero-order valence-electron chi connectivity index (χ0n) is 21.6. The quantitative estimate of drug-likeness (QED) is 0.350. The molecule has 2 heterocycles. The number of carbonyl (C=O) groups excluding carboxylic acids is 2. The second kappa shape index (κ2) is 9.34. The molecule has 0 saturated carbocycles. The number of likely N-dealkylation sites (tertiary alicyclic amines) is 1. The molecule has 2 fully saturated rings. The Labute approximate surface area is 218 Å². The first-order chi connectivity index (χ1) is 18.0. The number of carbonyl (C=O) groups is 2. The lowest BCUT2D eigenvalue weighted by atomic mass is 9.85. The normalized spacial score (nSPS) is 18.4. The van der Waals surface area contributed by atoms with E-state index < -0.39 is 5.54 Å². The van der Waals surface area contributed by atoms with Crippen LogP contribution in [-0.4, -0.2) is 58.9 Å². The van der Waals surface area contributed by atoms with E-state index in [-0.39, 0.29) is 18.5 Å². The van der Waals surface area contributed by atoms with Gasteiger partial charge in [-0.3, -0.25) is 14.6 Å². The number of piperidine rings is 1. The Morgan fingerprint density at radius 1 is 0.838 bits per heavy atom. The van der Waals surface area contributed by atoms with Gasteiger partial charge in [0.1, 0.15) is 11.3 Å². The number of rotatable bonds is 6. The van der Waals surface area contributed by atoms with Crippen LogP contribution in [0.15, 0.2) is 66.7 Å². The van der Waals surface area contributed by atoms with Crippen molar-refractivity contribution >= 4 is 11.9 Å². The Kier molecular flexibility index (Phi) is 6.00. The predicted molar refractivity (Wildman–Crippen MR) is 143 cm³/mol. The van der Waals surface area contributed by atoms with Crippen LogP contribution in [0.25, 0.3) is 11.1 Å². The highest BCUT2D eigenvalue weighted by Gasteiger charge is 2.57. The number of ether oxygens (including phenoxy) is 1. The van der Waals surface area contributed by atoms with E-state index in [0.717, 1.165) is 37.4 Å². The summed E-state index contributed by atoms with van der Waals surface area (Å²) in [4.78, 5) is 32.7. The summed E-state index contributed by atoms with van der Waals surface area (Å²) in [5.41, 5.74) is 6.97. The fraction of sp³-hybridized carbons (Fsp3) is 0.355. The first kappa shape index (κ1) is 23.7. The molecule has 190 valence electrons. The molecule has 0 N–H and O–H groups in total. The van der Waals surface area contributed by atoms with Crippen molar-refractivity contribution in [3.63, 3.8) is 0 Å². The Morgan fingerprint density at radius 2 is 1.59 bits per heavy atom. The number of imide groups is 1. The molecule has 0 bridgehead atoms. The van der Waals surface area contributed by atoms with Crippen LogP contribution >= 0.6 is 0 Å². The Balaban J connectivity index is 1.15. The van der Waals surface area contributed by atoms with Gasteiger partial charge >= 0.3 is 6.03 Å². The van der Waals surface area contributed by atoms with E-state index in [1.54, 1.807) is 12.0 Å². The molecule has 6 nitrogen and oxygen atoms in total. The summed E-state index contributed by atoms with van der Waals surface area (Å²) in [6.45, 7) is 5.22. The number of hydrogen-bond donors (Lipinski definition) is 0. The number of nitrogens with zero attached hydrogens (tertiary/aromatic N) is 3. The zero-order chi connectivity index (χ0) is 25.6. The molecule has 1 aliphatic carbocycles. The van der Waals surface area contributed by atoms with E-state index in [2.05, 4.69) is 47.4 Å². The minimum absolute atomic E-state index is 0.0582. The molecule has 0 radical (unpaired) electrons.